The van der Waals surface area contributed by atoms with Crippen molar-refractivity contribution < 1.29 is 4.74 Å². The molecular weight excluding hydrogens is 1250 g/mol. The van der Waals surface area contributed by atoms with Gasteiger partial charge >= 0.3 is 0 Å². The first-order valence-corrected chi connectivity index (χ1v) is 36.1. The van der Waals surface area contributed by atoms with Gasteiger partial charge in [0.25, 0.3) is 0 Å². The smallest absolute Gasteiger partial charge is 0.127 e. The maximum Gasteiger partial charge on any atom is 0.127 e. The first kappa shape index (κ1) is 76.8. The van der Waals surface area contributed by atoms with E-state index in [4.69, 9.17) is 4.74 Å². The van der Waals surface area contributed by atoms with Crippen molar-refractivity contribution in [1.29, 1.82) is 0 Å². The van der Waals surface area contributed by atoms with E-state index in [-0.39, 0.29) is 0 Å². The lowest BCUT2D eigenvalue weighted by atomic mass is 10.0. The normalized spacial score (nSPS) is 10.3. The highest BCUT2D eigenvalue weighted by molar-refractivity contribution is 7.99. The van der Waals surface area contributed by atoms with E-state index in [0.29, 0.717) is 0 Å². The fraction of sp³-hybridized carbons (Fsp3) is 0.152. The quantitative estimate of drug-likeness (QED) is 0.130. The molecule has 0 aliphatic rings. The van der Waals surface area contributed by atoms with E-state index < -0.39 is 0 Å². The lowest BCUT2D eigenvalue weighted by Gasteiger charge is -2.06. The van der Waals surface area contributed by atoms with Crippen molar-refractivity contribution in [3.8, 4) is 22.6 Å². The molecule has 0 saturated heterocycles. The van der Waals surface area contributed by atoms with Crippen LogP contribution in [0.3, 0.4) is 0 Å². The molecule has 0 saturated carbocycles. The molecule has 0 unspecified atom stereocenters. The first-order valence-electron chi connectivity index (χ1n) is 35.3. The van der Waals surface area contributed by atoms with E-state index in [1.807, 2.05) is 48.5 Å². The van der Waals surface area contributed by atoms with Crippen LogP contribution in [0.15, 0.2) is 337 Å². The number of ether oxygens (including phenoxy) is 1. The molecule has 0 aromatic heterocycles. The minimum Gasteiger partial charge on any atom is -0.457 e. The number of rotatable bonds is 11. The molecule has 14 rings (SSSR count). The molecule has 0 bridgehead atoms. The zero-order chi connectivity index (χ0) is 72.6. The number of fused-ring (bicyclic) bond motifs is 1. The fourth-order valence-electron chi connectivity index (χ4n) is 10.3. The maximum atomic E-state index is 5.69. The van der Waals surface area contributed by atoms with Gasteiger partial charge in [-0.05, 0) is 220 Å². The average Bonchev–Trinajstić information content (AvgIpc) is 0.852. The van der Waals surface area contributed by atoms with Crippen molar-refractivity contribution >= 4 is 46.1 Å². The van der Waals surface area contributed by atoms with Crippen molar-refractivity contribution in [1.82, 2.24) is 0 Å². The summed E-state index contributed by atoms with van der Waals surface area (Å²) in [5, 5.41) is 6.03. The SMILES string of the molecule is Cc1ccc(-c2ccc(C)cc2)cc1.Cc1ccc(/C=C/c2ccc(C)cc2)cc1.Cc1ccc(Cc2ccc(C)cc2)cc1.Cc1ccc(Nc2ccc(C)cc2)cc1.Cc1ccc(Oc2ccc(C)cc2)cc1.Cc1ccc(Sc2ccc(C)cc2)cc1.Cc1ccc2ccc(C)cc2c1. The Labute approximate surface area is 615 Å². The van der Waals surface area contributed by atoms with Gasteiger partial charge in [0.1, 0.15) is 11.5 Å². The lowest BCUT2D eigenvalue weighted by molar-refractivity contribution is 0.482. The zero-order valence-corrected chi connectivity index (χ0v) is 63.2. The molecule has 0 aliphatic carbocycles. The number of benzene rings is 14. The Hall–Kier alpha value is -11.0. The van der Waals surface area contributed by atoms with Gasteiger partial charge in [-0.1, -0.05) is 357 Å². The third-order valence-electron chi connectivity index (χ3n) is 16.8. The van der Waals surface area contributed by atoms with Crippen LogP contribution in [0, 0.1) is 96.9 Å². The molecule has 2 nitrogen and oxygen atoms in total. The molecule has 0 radical (unpaired) electrons. The van der Waals surface area contributed by atoms with E-state index in [1.165, 1.54) is 132 Å². The molecule has 0 aliphatic heterocycles. The van der Waals surface area contributed by atoms with Crippen LogP contribution in [-0.2, 0) is 6.42 Å². The Morgan fingerprint density at radius 2 is 0.471 bits per heavy atom. The molecule has 14 aromatic carbocycles. The molecule has 102 heavy (non-hydrogen) atoms. The number of aryl methyl sites for hydroxylation is 14. The Morgan fingerprint density at radius 1 is 0.235 bits per heavy atom. The summed E-state index contributed by atoms with van der Waals surface area (Å²) < 4.78 is 5.69. The molecule has 0 atom stereocenters. The van der Waals surface area contributed by atoms with Crippen molar-refractivity contribution in [2.45, 2.75) is 113 Å². The molecule has 1 N–H and O–H groups in total. The van der Waals surface area contributed by atoms with Crippen LogP contribution in [0.1, 0.15) is 100 Å². The lowest BCUT2D eigenvalue weighted by Crippen LogP contribution is -1.89. The van der Waals surface area contributed by atoms with Crippen LogP contribution in [0.5, 0.6) is 11.5 Å². The fourth-order valence-corrected chi connectivity index (χ4v) is 11.1. The molecule has 3 heteroatoms. The number of anilines is 2. The highest BCUT2D eigenvalue weighted by Crippen LogP contribution is 2.29. The summed E-state index contributed by atoms with van der Waals surface area (Å²) in [4.78, 5) is 2.59. The maximum absolute atomic E-state index is 5.69. The molecule has 0 heterocycles. The summed E-state index contributed by atoms with van der Waals surface area (Å²) in [5.41, 5.74) is 28.2. The zero-order valence-electron chi connectivity index (χ0n) is 62.4. The predicted octanol–water partition coefficient (Wildman–Crippen LogP) is 28.4. The summed E-state index contributed by atoms with van der Waals surface area (Å²) in [6.45, 7) is 29.5. The van der Waals surface area contributed by atoms with Crippen LogP contribution in [0.2, 0.25) is 0 Å². The van der Waals surface area contributed by atoms with E-state index >= 15 is 0 Å². The van der Waals surface area contributed by atoms with E-state index in [2.05, 4.69) is 393 Å². The first-order chi connectivity index (χ1) is 49.2. The minimum absolute atomic E-state index is 0.879. The van der Waals surface area contributed by atoms with Crippen molar-refractivity contribution in [3.05, 3.63) is 428 Å². The number of hydrogen-bond donors (Lipinski definition) is 1. The summed E-state index contributed by atoms with van der Waals surface area (Å²) in [6, 6.07) is 115. The average molecular weight is 1350 g/mol. The van der Waals surface area contributed by atoms with Gasteiger partial charge < -0.3 is 10.1 Å². The van der Waals surface area contributed by atoms with Crippen LogP contribution >= 0.6 is 11.8 Å². The van der Waals surface area contributed by atoms with Gasteiger partial charge in [-0.3, -0.25) is 0 Å². The number of nitrogens with one attached hydrogen (secondary N) is 1. The standard InChI is InChI=1S/C16H16.C15H16.C14H15N.C14H14O.C14H14S.C14H14.C12H12/c1-13-3-7-15(8-4-13)11-12-16-9-5-14(2)6-10-16;1-12-3-7-14(8-4-12)11-15-9-5-13(2)6-10-15;3*1-11-3-7-13(8-4-11)15-14-9-5-12(2)6-10-14;1-11-3-7-13(8-4-11)14-9-5-12(2)6-10-14;1-9-3-5-11-6-4-10(2)8-12(11)7-9/h3-12H,1-2H3;3-10H,11H2,1-2H3;3-10,15H,1-2H3;2*3-10H,1-2H3;3-10H,1-2H3;3-8H,1-2H3/b12-11+;;;;;;. The Kier molecular flexibility index (Phi) is 30.4. The van der Waals surface area contributed by atoms with Crippen LogP contribution in [0.25, 0.3) is 34.1 Å². The largest absolute Gasteiger partial charge is 0.457 e. The third-order valence-corrected chi connectivity index (χ3v) is 17.8. The molecule has 514 valence electrons. The van der Waals surface area contributed by atoms with Crippen molar-refractivity contribution in [2.75, 3.05) is 5.32 Å². The van der Waals surface area contributed by atoms with Crippen LogP contribution in [-0.4, -0.2) is 0 Å². The van der Waals surface area contributed by atoms with Gasteiger partial charge in [-0.25, -0.2) is 0 Å². The molecule has 0 fully saturated rings. The van der Waals surface area contributed by atoms with Gasteiger partial charge in [-0.2, -0.15) is 0 Å². The second-order valence-corrected chi connectivity index (χ2v) is 27.8. The Bertz CT molecular complexity index is 4090. The summed E-state index contributed by atoms with van der Waals surface area (Å²) >= 11 is 1.80. The highest BCUT2D eigenvalue weighted by Gasteiger charge is 2.02. The number of hydrogen-bond acceptors (Lipinski definition) is 3. The van der Waals surface area contributed by atoms with Crippen LogP contribution in [0.4, 0.5) is 11.4 Å². The van der Waals surface area contributed by atoms with Crippen molar-refractivity contribution in [2.24, 2.45) is 0 Å². The third kappa shape index (κ3) is 28.3. The second-order valence-electron chi connectivity index (χ2n) is 26.7. The van der Waals surface area contributed by atoms with Crippen LogP contribution < -0.4 is 10.1 Å². The Balaban J connectivity index is 0.000000151. The molecule has 14 aromatic rings. The second kappa shape index (κ2) is 40.3. The van der Waals surface area contributed by atoms with Gasteiger partial charge in [0.2, 0.25) is 0 Å². The summed E-state index contributed by atoms with van der Waals surface area (Å²) in [5.74, 6) is 1.76. The van der Waals surface area contributed by atoms with E-state index in [0.717, 1.165) is 29.3 Å². The van der Waals surface area contributed by atoms with Crippen molar-refractivity contribution in [3.63, 3.8) is 0 Å². The van der Waals surface area contributed by atoms with Gasteiger partial charge in [0.05, 0.1) is 0 Å². The molecule has 0 amide bonds. The minimum atomic E-state index is 0.879. The van der Waals surface area contributed by atoms with Gasteiger partial charge in [0, 0.05) is 21.2 Å². The van der Waals surface area contributed by atoms with Gasteiger partial charge in [-0.15, -0.1) is 0 Å². The molecule has 0 spiro atoms. The van der Waals surface area contributed by atoms with E-state index in [9.17, 15) is 0 Å². The highest BCUT2D eigenvalue weighted by atomic mass is 32.2. The van der Waals surface area contributed by atoms with E-state index in [1.54, 1.807) is 11.8 Å². The predicted molar refractivity (Wildman–Crippen MR) is 446 cm³/mol. The molecular formula is C99H101NOS. The van der Waals surface area contributed by atoms with Gasteiger partial charge in [0.15, 0.2) is 0 Å². The topological polar surface area (TPSA) is 21.3 Å². The summed E-state index contributed by atoms with van der Waals surface area (Å²) in [6.07, 6.45) is 5.31. The summed E-state index contributed by atoms with van der Waals surface area (Å²) in [7, 11) is 0. The Morgan fingerprint density at radius 3 is 0.765 bits per heavy atom. The monoisotopic (exact) mass is 1350 g/mol.